The summed E-state index contributed by atoms with van der Waals surface area (Å²) < 4.78 is 0. The molecule has 0 aliphatic carbocycles. The molecule has 92 valence electrons. The van der Waals surface area contributed by atoms with Gasteiger partial charge in [-0.05, 0) is 38.8 Å². The van der Waals surface area contributed by atoms with E-state index in [-0.39, 0.29) is 0 Å². The molecule has 0 aromatic carbocycles. The predicted molar refractivity (Wildman–Crippen MR) is 69.1 cm³/mol. The molecule has 2 N–H and O–H groups in total. The second-order valence-corrected chi connectivity index (χ2v) is 4.88. The van der Waals surface area contributed by atoms with Crippen molar-refractivity contribution in [3.63, 3.8) is 0 Å². The molecule has 0 aliphatic heterocycles. The van der Waals surface area contributed by atoms with Crippen molar-refractivity contribution in [2.45, 2.75) is 59.4 Å². The van der Waals surface area contributed by atoms with E-state index in [1.807, 2.05) is 0 Å². The average molecular weight is 214 g/mol. The van der Waals surface area contributed by atoms with E-state index in [1.165, 1.54) is 45.3 Å². The van der Waals surface area contributed by atoms with Gasteiger partial charge in [0.15, 0.2) is 0 Å². The minimum absolute atomic E-state index is 0.370. The topological polar surface area (TPSA) is 29.3 Å². The number of hydrogen-bond acceptors (Lipinski definition) is 2. The van der Waals surface area contributed by atoms with E-state index in [0.29, 0.717) is 6.04 Å². The molecule has 0 fully saturated rings. The van der Waals surface area contributed by atoms with Crippen LogP contribution < -0.4 is 5.73 Å². The molecule has 2 heteroatoms. The smallest absolute Gasteiger partial charge is 0.00104 e. The van der Waals surface area contributed by atoms with Crippen molar-refractivity contribution < 1.29 is 0 Å². The number of unbranched alkanes of at least 4 members (excludes halogenated alkanes) is 1. The summed E-state index contributed by atoms with van der Waals surface area (Å²) in [5.74, 6) is 0.832. The van der Waals surface area contributed by atoms with Crippen molar-refractivity contribution in [3.8, 4) is 0 Å². The summed E-state index contributed by atoms with van der Waals surface area (Å²) >= 11 is 0. The molecule has 0 rings (SSSR count). The lowest BCUT2D eigenvalue weighted by molar-refractivity contribution is 0.240. The standard InChI is InChI=1S/C13H30N2/c1-5-12(3)11-15(6-2)10-8-7-9-13(4)14/h12-13H,5-11,14H2,1-4H3. The van der Waals surface area contributed by atoms with Gasteiger partial charge in [-0.2, -0.15) is 0 Å². The van der Waals surface area contributed by atoms with Crippen LogP contribution in [-0.2, 0) is 0 Å². The molecule has 0 aromatic heterocycles. The third kappa shape index (κ3) is 8.88. The molecule has 0 radical (unpaired) electrons. The van der Waals surface area contributed by atoms with Crippen molar-refractivity contribution >= 4 is 0 Å². The fourth-order valence-corrected chi connectivity index (χ4v) is 1.75. The Bertz CT molecular complexity index is 134. The molecule has 0 saturated carbocycles. The molecule has 2 unspecified atom stereocenters. The molecule has 0 spiro atoms. The number of hydrogen-bond donors (Lipinski definition) is 1. The molecule has 0 aliphatic rings. The van der Waals surface area contributed by atoms with Gasteiger partial charge in [-0.1, -0.05) is 33.6 Å². The minimum atomic E-state index is 0.370. The lowest BCUT2D eigenvalue weighted by atomic mass is 10.1. The second kappa shape index (κ2) is 9.17. The van der Waals surface area contributed by atoms with Crippen molar-refractivity contribution in [1.29, 1.82) is 0 Å². The molecule has 2 atom stereocenters. The highest BCUT2D eigenvalue weighted by atomic mass is 15.1. The van der Waals surface area contributed by atoms with Crippen LogP contribution in [0, 0.1) is 5.92 Å². The van der Waals surface area contributed by atoms with Crippen LogP contribution in [0.1, 0.15) is 53.4 Å². The summed E-state index contributed by atoms with van der Waals surface area (Å²) in [6, 6.07) is 0.370. The first kappa shape index (κ1) is 14.9. The monoisotopic (exact) mass is 214 g/mol. The predicted octanol–water partition coefficient (Wildman–Crippen LogP) is 2.87. The van der Waals surface area contributed by atoms with E-state index in [9.17, 15) is 0 Å². The Morgan fingerprint density at radius 1 is 1.13 bits per heavy atom. The van der Waals surface area contributed by atoms with Crippen LogP contribution in [0.15, 0.2) is 0 Å². The van der Waals surface area contributed by atoms with E-state index in [2.05, 4.69) is 32.6 Å². The Morgan fingerprint density at radius 2 is 1.80 bits per heavy atom. The summed E-state index contributed by atoms with van der Waals surface area (Å²) in [6.07, 6.45) is 5.03. The Labute approximate surface area is 96.2 Å². The lowest BCUT2D eigenvalue weighted by Gasteiger charge is -2.23. The van der Waals surface area contributed by atoms with Gasteiger partial charge in [0.2, 0.25) is 0 Å². The quantitative estimate of drug-likeness (QED) is 0.598. The second-order valence-electron chi connectivity index (χ2n) is 4.88. The van der Waals surface area contributed by atoms with E-state index in [0.717, 1.165) is 5.92 Å². The molecular formula is C13H30N2. The van der Waals surface area contributed by atoms with Gasteiger partial charge >= 0.3 is 0 Å². The average Bonchev–Trinajstić information content (AvgIpc) is 2.21. The highest BCUT2D eigenvalue weighted by Gasteiger charge is 2.06. The van der Waals surface area contributed by atoms with Crippen LogP contribution >= 0.6 is 0 Å². The molecule has 0 aromatic rings. The zero-order valence-electron chi connectivity index (χ0n) is 11.1. The van der Waals surface area contributed by atoms with Gasteiger partial charge in [-0.3, -0.25) is 0 Å². The zero-order chi connectivity index (χ0) is 11.7. The first-order valence-electron chi connectivity index (χ1n) is 6.58. The van der Waals surface area contributed by atoms with Gasteiger partial charge in [0.05, 0.1) is 0 Å². The summed E-state index contributed by atoms with van der Waals surface area (Å²) in [7, 11) is 0. The highest BCUT2D eigenvalue weighted by molar-refractivity contribution is 4.61. The van der Waals surface area contributed by atoms with Crippen LogP contribution in [0.5, 0.6) is 0 Å². The summed E-state index contributed by atoms with van der Waals surface area (Å²) in [5.41, 5.74) is 5.73. The molecule has 2 nitrogen and oxygen atoms in total. The van der Waals surface area contributed by atoms with Crippen LogP contribution in [0.25, 0.3) is 0 Å². The van der Waals surface area contributed by atoms with Crippen molar-refractivity contribution in [2.75, 3.05) is 19.6 Å². The SMILES string of the molecule is CCC(C)CN(CC)CCCCC(C)N. The number of rotatable bonds is 9. The van der Waals surface area contributed by atoms with Crippen molar-refractivity contribution in [1.82, 2.24) is 4.90 Å². The maximum Gasteiger partial charge on any atom is 0.00104 e. The van der Waals surface area contributed by atoms with Gasteiger partial charge in [-0.25, -0.2) is 0 Å². The minimum Gasteiger partial charge on any atom is -0.328 e. The van der Waals surface area contributed by atoms with Crippen molar-refractivity contribution in [3.05, 3.63) is 0 Å². The van der Waals surface area contributed by atoms with Crippen LogP contribution in [0.2, 0.25) is 0 Å². The van der Waals surface area contributed by atoms with Gasteiger partial charge < -0.3 is 10.6 Å². The summed E-state index contributed by atoms with van der Waals surface area (Å²) in [4.78, 5) is 2.56. The van der Waals surface area contributed by atoms with E-state index < -0.39 is 0 Å². The fourth-order valence-electron chi connectivity index (χ4n) is 1.75. The molecule has 0 bridgehead atoms. The Hall–Kier alpha value is -0.0800. The largest absolute Gasteiger partial charge is 0.328 e. The van der Waals surface area contributed by atoms with E-state index in [4.69, 9.17) is 5.73 Å². The third-order valence-electron chi connectivity index (χ3n) is 3.10. The summed E-state index contributed by atoms with van der Waals surface area (Å²) in [6.45, 7) is 12.6. The van der Waals surface area contributed by atoms with Crippen LogP contribution in [-0.4, -0.2) is 30.6 Å². The normalized spacial score (nSPS) is 15.6. The number of nitrogens with two attached hydrogens (primary N) is 1. The van der Waals surface area contributed by atoms with E-state index >= 15 is 0 Å². The molecule has 0 amide bonds. The van der Waals surface area contributed by atoms with Crippen LogP contribution in [0.3, 0.4) is 0 Å². The number of nitrogens with zero attached hydrogens (tertiary/aromatic N) is 1. The molecular weight excluding hydrogens is 184 g/mol. The van der Waals surface area contributed by atoms with Gasteiger partial charge in [-0.15, -0.1) is 0 Å². The van der Waals surface area contributed by atoms with E-state index in [1.54, 1.807) is 0 Å². The molecule has 0 heterocycles. The fraction of sp³-hybridized carbons (Fsp3) is 1.00. The maximum absolute atomic E-state index is 5.73. The Kier molecular flexibility index (Phi) is 9.12. The first-order valence-corrected chi connectivity index (χ1v) is 6.58. The Balaban J connectivity index is 3.52. The van der Waals surface area contributed by atoms with Crippen LogP contribution in [0.4, 0.5) is 0 Å². The van der Waals surface area contributed by atoms with Gasteiger partial charge in [0.25, 0.3) is 0 Å². The van der Waals surface area contributed by atoms with Gasteiger partial charge in [0.1, 0.15) is 0 Å². The first-order chi connectivity index (χ1) is 7.10. The summed E-state index contributed by atoms with van der Waals surface area (Å²) in [5, 5.41) is 0. The maximum atomic E-state index is 5.73. The highest BCUT2D eigenvalue weighted by Crippen LogP contribution is 2.06. The third-order valence-corrected chi connectivity index (χ3v) is 3.10. The lowest BCUT2D eigenvalue weighted by Crippen LogP contribution is -2.29. The zero-order valence-corrected chi connectivity index (χ0v) is 11.1. The molecule has 0 saturated heterocycles. The van der Waals surface area contributed by atoms with Crippen molar-refractivity contribution in [2.24, 2.45) is 11.7 Å². The molecule has 15 heavy (non-hydrogen) atoms. The Morgan fingerprint density at radius 3 is 2.27 bits per heavy atom. The van der Waals surface area contributed by atoms with Gasteiger partial charge in [0, 0.05) is 12.6 Å².